The number of hydrogen-bond acceptors (Lipinski definition) is 4. The van der Waals surface area contributed by atoms with E-state index in [9.17, 15) is 4.79 Å². The number of nitrogens with zero attached hydrogens (tertiary/aromatic N) is 3. The standard InChI is InChI=1S/C11H9N3OS/c1-14-10(15)6-8(13-14)11-12-7-4-2-3-5-9(7)16-11/h2-5H,6H2,1H3. The van der Waals surface area contributed by atoms with Crippen molar-refractivity contribution < 1.29 is 4.79 Å². The molecule has 2 aromatic rings. The van der Waals surface area contributed by atoms with E-state index >= 15 is 0 Å². The number of fused-ring (bicyclic) bond motifs is 1. The number of hydrogen-bond donors (Lipinski definition) is 0. The molecule has 0 unspecified atom stereocenters. The molecule has 0 radical (unpaired) electrons. The normalized spacial score (nSPS) is 15.9. The topological polar surface area (TPSA) is 45.6 Å². The van der Waals surface area contributed by atoms with Gasteiger partial charge in [-0.15, -0.1) is 11.3 Å². The second-order valence-corrected chi connectivity index (χ2v) is 4.66. The van der Waals surface area contributed by atoms with Crippen LogP contribution < -0.4 is 0 Å². The van der Waals surface area contributed by atoms with Gasteiger partial charge in [-0.1, -0.05) is 12.1 Å². The second-order valence-electron chi connectivity index (χ2n) is 3.63. The van der Waals surface area contributed by atoms with Gasteiger partial charge in [0.05, 0.1) is 16.6 Å². The maximum Gasteiger partial charge on any atom is 0.248 e. The number of carbonyl (C=O) groups is 1. The summed E-state index contributed by atoms with van der Waals surface area (Å²) < 4.78 is 1.13. The van der Waals surface area contributed by atoms with E-state index in [4.69, 9.17) is 0 Å². The molecule has 1 amide bonds. The van der Waals surface area contributed by atoms with Gasteiger partial charge in [0.25, 0.3) is 0 Å². The molecule has 1 aromatic heterocycles. The van der Waals surface area contributed by atoms with E-state index in [1.54, 1.807) is 18.4 Å². The highest BCUT2D eigenvalue weighted by atomic mass is 32.1. The van der Waals surface area contributed by atoms with Crippen LogP contribution in [-0.4, -0.2) is 28.7 Å². The minimum Gasteiger partial charge on any atom is -0.273 e. The summed E-state index contributed by atoms with van der Waals surface area (Å²) in [4.78, 5) is 15.8. The van der Waals surface area contributed by atoms with Gasteiger partial charge < -0.3 is 0 Å². The highest BCUT2D eigenvalue weighted by Crippen LogP contribution is 2.24. The predicted octanol–water partition coefficient (Wildman–Crippen LogP) is 1.86. The zero-order chi connectivity index (χ0) is 11.1. The lowest BCUT2D eigenvalue weighted by Gasteiger charge is -1.98. The number of benzene rings is 1. The van der Waals surface area contributed by atoms with Gasteiger partial charge >= 0.3 is 0 Å². The fourth-order valence-electron chi connectivity index (χ4n) is 1.64. The Kier molecular flexibility index (Phi) is 2.00. The number of carbonyl (C=O) groups excluding carboxylic acids is 1. The molecule has 0 spiro atoms. The Labute approximate surface area is 96.2 Å². The molecule has 16 heavy (non-hydrogen) atoms. The predicted molar refractivity (Wildman–Crippen MR) is 63.5 cm³/mol. The van der Waals surface area contributed by atoms with Crippen LogP contribution in [0, 0.1) is 0 Å². The number of aromatic nitrogens is 1. The molecular formula is C11H9N3OS. The molecular weight excluding hydrogens is 222 g/mol. The third-order valence-electron chi connectivity index (χ3n) is 2.49. The van der Waals surface area contributed by atoms with Crippen LogP contribution in [0.25, 0.3) is 10.2 Å². The molecule has 1 aliphatic rings. The zero-order valence-electron chi connectivity index (χ0n) is 8.67. The lowest BCUT2D eigenvalue weighted by Crippen LogP contribution is -2.14. The lowest BCUT2D eigenvalue weighted by molar-refractivity contribution is -0.127. The summed E-state index contributed by atoms with van der Waals surface area (Å²) in [5.74, 6) is 0.0225. The molecule has 80 valence electrons. The Balaban J connectivity index is 2.07. The highest BCUT2D eigenvalue weighted by molar-refractivity contribution is 7.20. The highest BCUT2D eigenvalue weighted by Gasteiger charge is 2.23. The van der Waals surface area contributed by atoms with Gasteiger partial charge in [0, 0.05) is 7.05 Å². The van der Waals surface area contributed by atoms with Crippen molar-refractivity contribution in [3.8, 4) is 0 Å². The van der Waals surface area contributed by atoms with Crippen LogP contribution in [0.5, 0.6) is 0 Å². The Bertz CT molecular complexity index is 569. The number of para-hydroxylation sites is 1. The largest absolute Gasteiger partial charge is 0.273 e. The van der Waals surface area contributed by atoms with E-state index in [1.165, 1.54) is 5.01 Å². The Hall–Kier alpha value is -1.75. The summed E-state index contributed by atoms with van der Waals surface area (Å²) in [6.07, 6.45) is 0.357. The van der Waals surface area contributed by atoms with Crippen molar-refractivity contribution in [1.82, 2.24) is 9.99 Å². The minimum absolute atomic E-state index is 0.0225. The smallest absolute Gasteiger partial charge is 0.248 e. The molecule has 3 rings (SSSR count). The Morgan fingerprint density at radius 3 is 2.88 bits per heavy atom. The summed E-state index contributed by atoms with van der Waals surface area (Å²) >= 11 is 1.58. The summed E-state index contributed by atoms with van der Waals surface area (Å²) in [5.41, 5.74) is 1.74. The van der Waals surface area contributed by atoms with Gasteiger partial charge in [-0.2, -0.15) is 5.10 Å². The first-order valence-electron chi connectivity index (χ1n) is 4.94. The number of hydrazone groups is 1. The van der Waals surface area contributed by atoms with Gasteiger partial charge in [0.15, 0.2) is 0 Å². The second kappa shape index (κ2) is 3.38. The molecule has 0 saturated carbocycles. The van der Waals surface area contributed by atoms with E-state index in [0.717, 1.165) is 20.9 Å². The van der Waals surface area contributed by atoms with E-state index in [1.807, 2.05) is 24.3 Å². The van der Waals surface area contributed by atoms with E-state index in [0.29, 0.717) is 6.42 Å². The van der Waals surface area contributed by atoms with Crippen molar-refractivity contribution in [2.45, 2.75) is 6.42 Å². The summed E-state index contributed by atoms with van der Waals surface area (Å²) in [5, 5.41) is 6.41. The van der Waals surface area contributed by atoms with E-state index in [-0.39, 0.29) is 5.91 Å². The molecule has 1 aromatic carbocycles. The van der Waals surface area contributed by atoms with Crippen molar-refractivity contribution >= 4 is 33.2 Å². The minimum atomic E-state index is 0.0225. The quantitative estimate of drug-likeness (QED) is 0.752. The van der Waals surface area contributed by atoms with Crippen LogP contribution in [0.2, 0.25) is 0 Å². The van der Waals surface area contributed by atoms with Crippen molar-refractivity contribution in [3.63, 3.8) is 0 Å². The number of rotatable bonds is 1. The van der Waals surface area contributed by atoms with Crippen LogP contribution in [0.4, 0.5) is 0 Å². The molecule has 2 heterocycles. The number of amides is 1. The van der Waals surface area contributed by atoms with Crippen LogP contribution in [0.3, 0.4) is 0 Å². The number of thiazole rings is 1. The molecule has 0 saturated heterocycles. The molecule has 4 nitrogen and oxygen atoms in total. The lowest BCUT2D eigenvalue weighted by atomic mass is 10.3. The van der Waals surface area contributed by atoms with Crippen molar-refractivity contribution in [1.29, 1.82) is 0 Å². The average molecular weight is 231 g/mol. The molecule has 0 bridgehead atoms. The van der Waals surface area contributed by atoms with Crippen LogP contribution in [0.1, 0.15) is 11.4 Å². The zero-order valence-corrected chi connectivity index (χ0v) is 9.49. The fourth-order valence-corrected chi connectivity index (χ4v) is 2.59. The van der Waals surface area contributed by atoms with Gasteiger partial charge in [0.1, 0.15) is 10.7 Å². The van der Waals surface area contributed by atoms with Crippen molar-refractivity contribution in [2.24, 2.45) is 5.10 Å². The fraction of sp³-hybridized carbons (Fsp3) is 0.182. The molecule has 0 N–H and O–H groups in total. The summed E-state index contributed by atoms with van der Waals surface area (Å²) in [6, 6.07) is 7.94. The SMILES string of the molecule is CN1N=C(c2nc3ccccc3s2)CC1=O. The van der Waals surface area contributed by atoms with Gasteiger partial charge in [-0.05, 0) is 12.1 Å². The van der Waals surface area contributed by atoms with Gasteiger partial charge in [0.2, 0.25) is 5.91 Å². The molecule has 5 heteroatoms. The van der Waals surface area contributed by atoms with E-state index in [2.05, 4.69) is 10.1 Å². The third-order valence-corrected chi connectivity index (χ3v) is 3.58. The first kappa shape index (κ1) is 9.47. The van der Waals surface area contributed by atoms with Crippen LogP contribution in [-0.2, 0) is 4.79 Å². The first-order chi connectivity index (χ1) is 7.74. The van der Waals surface area contributed by atoms with Crippen LogP contribution >= 0.6 is 11.3 Å². The summed E-state index contributed by atoms with van der Waals surface area (Å²) in [6.45, 7) is 0. The van der Waals surface area contributed by atoms with Crippen LogP contribution in [0.15, 0.2) is 29.4 Å². The van der Waals surface area contributed by atoms with Gasteiger partial charge in [-0.25, -0.2) is 9.99 Å². The molecule has 0 aliphatic carbocycles. The molecule has 1 aliphatic heterocycles. The Morgan fingerprint density at radius 2 is 2.19 bits per heavy atom. The summed E-state index contributed by atoms with van der Waals surface area (Å²) in [7, 11) is 1.67. The maximum atomic E-state index is 11.4. The molecule has 0 atom stereocenters. The van der Waals surface area contributed by atoms with Crippen molar-refractivity contribution in [2.75, 3.05) is 7.05 Å². The third kappa shape index (κ3) is 1.40. The Morgan fingerprint density at radius 1 is 1.38 bits per heavy atom. The van der Waals surface area contributed by atoms with Gasteiger partial charge in [-0.3, -0.25) is 4.79 Å². The molecule has 0 fully saturated rings. The monoisotopic (exact) mass is 231 g/mol. The first-order valence-corrected chi connectivity index (χ1v) is 5.75. The van der Waals surface area contributed by atoms with Crippen molar-refractivity contribution in [3.05, 3.63) is 29.3 Å². The average Bonchev–Trinajstić information content (AvgIpc) is 2.83. The van der Waals surface area contributed by atoms with E-state index < -0.39 is 0 Å². The maximum absolute atomic E-state index is 11.4.